The van der Waals surface area contributed by atoms with Crippen LogP contribution in [-0.2, 0) is 9.53 Å². The monoisotopic (exact) mass is 361 g/mol. The maximum Gasteiger partial charge on any atom is 0.309 e. The van der Waals surface area contributed by atoms with Crippen LogP contribution in [0.5, 0.6) is 0 Å². The minimum Gasteiger partial charge on any atom is -1.00 e. The lowest BCUT2D eigenvalue weighted by Crippen LogP contribution is -3.00. The van der Waals surface area contributed by atoms with Crippen LogP contribution in [0.3, 0.4) is 0 Å². The smallest absolute Gasteiger partial charge is 0.309 e. The Hall–Kier alpha value is -0.0900. The first kappa shape index (κ1) is 19.0. The van der Waals surface area contributed by atoms with Gasteiger partial charge >= 0.3 is 5.97 Å². The second kappa shape index (κ2) is 7.96. The number of esters is 1. The van der Waals surface area contributed by atoms with Crippen molar-refractivity contribution in [1.82, 2.24) is 0 Å². The first-order chi connectivity index (χ1) is 9.48. The van der Waals surface area contributed by atoms with Gasteiger partial charge in [-0.3, -0.25) is 4.79 Å². The van der Waals surface area contributed by atoms with E-state index < -0.39 is 0 Å². The summed E-state index contributed by atoms with van der Waals surface area (Å²) >= 11 is 0. The second-order valence-corrected chi connectivity index (χ2v) is 7.32. The predicted molar refractivity (Wildman–Crippen MR) is 81.3 cm³/mol. The van der Waals surface area contributed by atoms with Crippen molar-refractivity contribution in [1.29, 1.82) is 0 Å². The predicted octanol–water partition coefficient (Wildman–Crippen LogP) is 0.520. The van der Waals surface area contributed by atoms with E-state index in [1.54, 1.807) is 0 Å². The van der Waals surface area contributed by atoms with E-state index in [0.29, 0.717) is 12.1 Å². The van der Waals surface area contributed by atoms with Crippen LogP contribution in [0.15, 0.2) is 0 Å². The highest BCUT2D eigenvalue weighted by molar-refractivity contribution is 5.72. The molecule has 0 aromatic carbocycles. The number of rotatable bonds is 6. The fourth-order valence-corrected chi connectivity index (χ4v) is 4.26. The molecule has 124 valence electrons. The maximum absolute atomic E-state index is 12.4. The average molecular weight is 362 g/mol. The molecule has 0 radical (unpaired) electrons. The van der Waals surface area contributed by atoms with Crippen LogP contribution < -0.4 is 17.0 Å². The van der Waals surface area contributed by atoms with Gasteiger partial charge in [-0.1, -0.05) is 26.7 Å². The van der Waals surface area contributed by atoms with Gasteiger partial charge in [-0.15, -0.1) is 0 Å². The Kier molecular flexibility index (Phi) is 7.18. The molecule has 0 aromatic rings. The van der Waals surface area contributed by atoms with Gasteiger partial charge in [-0.2, -0.15) is 0 Å². The molecular weight excluding hydrogens is 330 g/mol. The van der Waals surface area contributed by atoms with E-state index in [1.165, 1.54) is 12.8 Å². The van der Waals surface area contributed by atoms with E-state index in [2.05, 4.69) is 27.9 Å². The van der Waals surface area contributed by atoms with Gasteiger partial charge < -0.3 is 26.2 Å². The topological polar surface area (TPSA) is 26.3 Å². The third kappa shape index (κ3) is 4.22. The highest BCUT2D eigenvalue weighted by Gasteiger charge is 2.50. The average Bonchev–Trinajstić information content (AvgIpc) is 2.57. The first-order valence-electron chi connectivity index (χ1n) is 8.52. The highest BCUT2D eigenvalue weighted by Crippen LogP contribution is 2.40. The highest BCUT2D eigenvalue weighted by atomic mass is 79.9. The van der Waals surface area contributed by atoms with Gasteiger partial charge in [-0.25, -0.2) is 0 Å². The number of nitrogens with zero attached hydrogens (tertiary/aromatic N) is 1. The Balaban J connectivity index is 0.00000220. The molecule has 2 saturated heterocycles. The van der Waals surface area contributed by atoms with E-state index in [0.717, 1.165) is 43.0 Å². The fourth-order valence-electron chi connectivity index (χ4n) is 4.26. The number of hydrogen-bond donors (Lipinski definition) is 0. The molecule has 4 heteroatoms. The third-order valence-corrected chi connectivity index (χ3v) is 5.68. The van der Waals surface area contributed by atoms with Crippen molar-refractivity contribution in [2.24, 2.45) is 5.92 Å². The summed E-state index contributed by atoms with van der Waals surface area (Å²) in [4.78, 5) is 12.4. The van der Waals surface area contributed by atoms with Crippen molar-refractivity contribution in [3.63, 3.8) is 0 Å². The minimum atomic E-state index is 0. The molecule has 3 atom stereocenters. The summed E-state index contributed by atoms with van der Waals surface area (Å²) in [6.45, 7) is 4.30. The Morgan fingerprint density at radius 3 is 2.00 bits per heavy atom. The molecule has 0 aromatic heterocycles. The van der Waals surface area contributed by atoms with Crippen molar-refractivity contribution in [2.75, 3.05) is 14.1 Å². The quantitative estimate of drug-likeness (QED) is 0.509. The normalized spacial score (nSPS) is 30.0. The van der Waals surface area contributed by atoms with E-state index in [-0.39, 0.29) is 35.0 Å². The zero-order chi connectivity index (χ0) is 14.8. The molecule has 2 bridgehead atoms. The number of carbonyl (C=O) groups is 1. The summed E-state index contributed by atoms with van der Waals surface area (Å²) < 4.78 is 7.02. The summed E-state index contributed by atoms with van der Waals surface area (Å²) in [6.07, 6.45) is 9.03. The van der Waals surface area contributed by atoms with Gasteiger partial charge in [0.05, 0.1) is 32.1 Å². The molecule has 0 amide bonds. The molecule has 21 heavy (non-hydrogen) atoms. The molecule has 0 N–H and O–H groups in total. The number of halogens is 1. The Labute approximate surface area is 140 Å². The zero-order valence-corrected chi connectivity index (χ0v) is 15.7. The van der Waals surface area contributed by atoms with E-state index in [4.69, 9.17) is 4.74 Å². The molecule has 0 saturated carbocycles. The maximum atomic E-state index is 12.4. The van der Waals surface area contributed by atoms with Crippen molar-refractivity contribution >= 4 is 5.97 Å². The van der Waals surface area contributed by atoms with Gasteiger partial charge in [0, 0.05) is 25.7 Å². The SMILES string of the molecule is CCCC(CCC)C(=O)OC1C[C@H]2CC[C@@H](C1)[N+]2(C)C.[Br-]. The van der Waals surface area contributed by atoms with E-state index in [9.17, 15) is 4.79 Å². The molecule has 3 nitrogen and oxygen atoms in total. The van der Waals surface area contributed by atoms with Gasteiger partial charge in [0.15, 0.2) is 0 Å². The standard InChI is InChI=1S/C17H32NO2.BrH/c1-5-7-13(8-6-2)17(19)20-16-11-14-9-10-15(12-16)18(14,3)4;/h13-16H,5-12H2,1-4H3;1H/q+1;/p-1/t14-,15+,16?;. The molecule has 0 spiro atoms. The summed E-state index contributed by atoms with van der Waals surface area (Å²) in [5, 5.41) is 0. The van der Waals surface area contributed by atoms with E-state index >= 15 is 0 Å². The molecule has 2 heterocycles. The number of carbonyl (C=O) groups excluding carboxylic acids is 1. The number of fused-ring (bicyclic) bond motifs is 2. The number of hydrogen-bond acceptors (Lipinski definition) is 2. The molecule has 2 rings (SSSR count). The van der Waals surface area contributed by atoms with Crippen LogP contribution in [-0.4, -0.2) is 42.7 Å². The Morgan fingerprint density at radius 1 is 1.10 bits per heavy atom. The summed E-state index contributed by atoms with van der Waals surface area (Å²) in [5.41, 5.74) is 0. The zero-order valence-electron chi connectivity index (χ0n) is 14.1. The lowest BCUT2D eigenvalue weighted by atomic mass is 9.96. The fraction of sp³-hybridized carbons (Fsp3) is 0.941. The van der Waals surface area contributed by atoms with Crippen LogP contribution in [0.2, 0.25) is 0 Å². The summed E-state index contributed by atoms with van der Waals surface area (Å²) in [7, 11) is 4.69. The van der Waals surface area contributed by atoms with Crippen LogP contribution >= 0.6 is 0 Å². The van der Waals surface area contributed by atoms with Crippen LogP contribution in [0.1, 0.15) is 65.2 Å². The number of piperidine rings is 1. The molecule has 2 aliphatic rings. The molecule has 2 fully saturated rings. The lowest BCUT2D eigenvalue weighted by Gasteiger charge is -2.44. The van der Waals surface area contributed by atoms with Crippen LogP contribution in [0.4, 0.5) is 0 Å². The van der Waals surface area contributed by atoms with Crippen molar-refractivity contribution in [2.45, 2.75) is 83.4 Å². The largest absolute Gasteiger partial charge is 1.00 e. The minimum absolute atomic E-state index is 0. The van der Waals surface area contributed by atoms with Gasteiger partial charge in [-0.05, 0) is 12.8 Å². The van der Waals surface area contributed by atoms with Gasteiger partial charge in [0.25, 0.3) is 0 Å². The Bertz CT molecular complexity index is 324. The second-order valence-electron chi connectivity index (χ2n) is 7.32. The third-order valence-electron chi connectivity index (χ3n) is 5.68. The van der Waals surface area contributed by atoms with Crippen molar-refractivity contribution in [3.8, 4) is 0 Å². The number of quaternary nitrogens is 1. The molecule has 2 aliphatic heterocycles. The van der Waals surface area contributed by atoms with Crippen LogP contribution in [0, 0.1) is 5.92 Å². The Morgan fingerprint density at radius 2 is 1.57 bits per heavy atom. The van der Waals surface area contributed by atoms with Crippen LogP contribution in [0.25, 0.3) is 0 Å². The first-order valence-corrected chi connectivity index (χ1v) is 8.52. The number of ether oxygens (including phenoxy) is 1. The summed E-state index contributed by atoms with van der Waals surface area (Å²) in [6, 6.07) is 1.39. The molecule has 0 aliphatic carbocycles. The van der Waals surface area contributed by atoms with Gasteiger partial charge in [0.2, 0.25) is 0 Å². The van der Waals surface area contributed by atoms with Crippen molar-refractivity contribution < 1.29 is 31.0 Å². The van der Waals surface area contributed by atoms with Crippen molar-refractivity contribution in [3.05, 3.63) is 0 Å². The van der Waals surface area contributed by atoms with Gasteiger partial charge in [0.1, 0.15) is 6.10 Å². The van der Waals surface area contributed by atoms with E-state index in [1.807, 2.05) is 0 Å². The molecule has 1 unspecified atom stereocenters. The summed E-state index contributed by atoms with van der Waals surface area (Å²) in [5.74, 6) is 0.206. The lowest BCUT2D eigenvalue weighted by molar-refractivity contribution is -0.931. The molecular formula is C17H32BrNO2.